The third-order valence-electron chi connectivity index (χ3n) is 7.47. The molecule has 0 fully saturated rings. The number of amides is 4. The van der Waals surface area contributed by atoms with Gasteiger partial charge in [0.2, 0.25) is 5.91 Å². The van der Waals surface area contributed by atoms with Crippen LogP contribution in [0.4, 0.5) is 21.0 Å². The lowest BCUT2D eigenvalue weighted by Gasteiger charge is -2.27. The Kier molecular flexibility index (Phi) is 11.7. The molecule has 0 spiro atoms. The van der Waals surface area contributed by atoms with Crippen molar-refractivity contribution in [2.45, 2.75) is 76.9 Å². The van der Waals surface area contributed by atoms with Gasteiger partial charge in [-0.1, -0.05) is 50.9 Å². The lowest BCUT2D eigenvalue weighted by molar-refractivity contribution is -0.126. The molecule has 264 valence electrons. The quantitative estimate of drug-likeness (QED) is 0.362. The monoisotopic (exact) mass is 818 g/mol. The number of ether oxygens (including phenoxy) is 2. The van der Waals surface area contributed by atoms with Gasteiger partial charge in [-0.3, -0.25) is 13.8 Å². The molecule has 0 aromatic heterocycles. The average molecular weight is 821 g/mol. The van der Waals surface area contributed by atoms with Crippen LogP contribution < -0.4 is 9.80 Å². The van der Waals surface area contributed by atoms with E-state index in [0.717, 1.165) is 16.1 Å². The zero-order chi connectivity index (χ0) is 36.6. The van der Waals surface area contributed by atoms with Gasteiger partial charge in [-0.15, -0.1) is 0 Å². The maximum Gasteiger partial charge on any atom is 0.421 e. The zero-order valence-corrected chi connectivity index (χ0v) is 31.9. The summed E-state index contributed by atoms with van der Waals surface area (Å²) in [6, 6.07) is 9.94. The van der Waals surface area contributed by atoms with Crippen molar-refractivity contribution in [1.82, 2.24) is 0 Å². The van der Waals surface area contributed by atoms with Gasteiger partial charge in [0, 0.05) is 8.95 Å². The molecule has 0 radical (unpaired) electrons. The Balaban J connectivity index is 0.000000264. The van der Waals surface area contributed by atoms with Crippen LogP contribution in [0.3, 0.4) is 0 Å². The van der Waals surface area contributed by atoms with Crippen LogP contribution in [0.25, 0.3) is 0 Å². The summed E-state index contributed by atoms with van der Waals surface area (Å²) in [5.41, 5.74) is -2.78. The molecule has 0 saturated heterocycles. The number of benzene rings is 2. The number of anilines is 2. The van der Waals surface area contributed by atoms with Crippen LogP contribution in [0.15, 0.2) is 45.3 Å². The molecule has 2 heterocycles. The first kappa shape index (κ1) is 39.5. The molecule has 2 aliphatic heterocycles. The fraction of sp³-hybridized carbons (Fsp3) is 0.500. The fourth-order valence-electron chi connectivity index (χ4n) is 5.19. The molecular weight excluding hydrogens is 780 g/mol. The summed E-state index contributed by atoms with van der Waals surface area (Å²) >= 11 is 6.63. The van der Waals surface area contributed by atoms with Crippen molar-refractivity contribution in [1.29, 1.82) is 0 Å². The van der Waals surface area contributed by atoms with E-state index in [9.17, 15) is 37.8 Å². The van der Waals surface area contributed by atoms with Gasteiger partial charge >= 0.3 is 12.2 Å². The first-order valence-corrected chi connectivity index (χ1v) is 18.2. The van der Waals surface area contributed by atoms with Crippen molar-refractivity contribution in [3.8, 4) is 0 Å². The standard InChI is InChI=1S/C17H22BrNO6S.C15H18BrNO5/c1-6-17(10-24-26(5,22)23)12-8-7-11(18)9-13(12)19(14(17)20)15(21)25-16(2,3)4;1-14(2,3)22-13(21)17-11-6-9(16)4-5-10(11)15(7-18,8-19)12(17)20/h7-9H,6,10H2,1-5H3;4-6,18-19H,7-8H2,1-3H3. The van der Waals surface area contributed by atoms with Gasteiger partial charge in [0.15, 0.2) is 0 Å². The highest BCUT2D eigenvalue weighted by Gasteiger charge is 2.55. The largest absolute Gasteiger partial charge is 0.443 e. The second kappa shape index (κ2) is 14.2. The van der Waals surface area contributed by atoms with E-state index in [2.05, 4.69) is 31.9 Å². The Morgan fingerprint density at radius 3 is 1.48 bits per heavy atom. The highest BCUT2D eigenvalue weighted by atomic mass is 79.9. The third-order valence-corrected chi connectivity index (χ3v) is 9.00. The van der Waals surface area contributed by atoms with Crippen LogP contribution in [0.2, 0.25) is 0 Å². The summed E-state index contributed by atoms with van der Waals surface area (Å²) in [6.45, 7) is 10.3. The van der Waals surface area contributed by atoms with Crippen LogP contribution in [-0.2, 0) is 44.2 Å². The minimum atomic E-state index is -3.76. The molecule has 4 amide bonds. The highest BCUT2D eigenvalue weighted by Crippen LogP contribution is 2.46. The van der Waals surface area contributed by atoms with Gasteiger partial charge in [0.1, 0.15) is 22.0 Å². The Hall–Kier alpha value is -2.89. The highest BCUT2D eigenvalue weighted by molar-refractivity contribution is 9.10. The number of carbonyl (C=O) groups is 4. The second-order valence-electron chi connectivity index (χ2n) is 13.4. The normalized spacial score (nSPS) is 18.6. The van der Waals surface area contributed by atoms with Crippen LogP contribution >= 0.6 is 31.9 Å². The van der Waals surface area contributed by atoms with E-state index in [1.807, 2.05) is 0 Å². The molecule has 0 bridgehead atoms. The molecule has 2 aliphatic rings. The maximum absolute atomic E-state index is 13.2. The van der Waals surface area contributed by atoms with Crippen LogP contribution in [0.1, 0.15) is 66.0 Å². The first-order chi connectivity index (χ1) is 22.0. The molecule has 16 heteroatoms. The number of halogens is 2. The zero-order valence-electron chi connectivity index (χ0n) is 27.9. The predicted octanol–water partition coefficient (Wildman–Crippen LogP) is 5.31. The van der Waals surface area contributed by atoms with E-state index in [4.69, 9.17) is 13.7 Å². The molecule has 48 heavy (non-hydrogen) atoms. The van der Waals surface area contributed by atoms with E-state index >= 15 is 0 Å². The number of rotatable bonds is 6. The summed E-state index contributed by atoms with van der Waals surface area (Å²) in [4.78, 5) is 52.7. The van der Waals surface area contributed by atoms with E-state index in [1.54, 1.807) is 84.9 Å². The summed E-state index contributed by atoms with van der Waals surface area (Å²) in [7, 11) is -3.76. The molecule has 0 saturated carbocycles. The van der Waals surface area contributed by atoms with Crippen LogP contribution in [0, 0.1) is 0 Å². The Bertz CT molecular complexity index is 1710. The van der Waals surface area contributed by atoms with E-state index in [0.29, 0.717) is 31.4 Å². The molecule has 1 unspecified atom stereocenters. The van der Waals surface area contributed by atoms with Crippen molar-refractivity contribution in [3.63, 3.8) is 0 Å². The summed E-state index contributed by atoms with van der Waals surface area (Å²) in [5, 5.41) is 19.3. The van der Waals surface area contributed by atoms with Crippen molar-refractivity contribution < 1.29 is 51.5 Å². The SMILES string of the molecule is CC(C)(C)OC(=O)N1C(=O)C(CO)(CO)c2ccc(Br)cc21.CCC1(COS(C)(=O)=O)C(=O)N(C(=O)OC(C)(C)C)c2cc(Br)ccc21. The molecule has 0 aliphatic carbocycles. The number of nitrogens with zero attached hydrogens (tertiary/aromatic N) is 2. The lowest BCUT2D eigenvalue weighted by atomic mass is 9.80. The Labute approximate surface area is 296 Å². The van der Waals surface area contributed by atoms with E-state index in [1.165, 1.54) is 0 Å². The minimum Gasteiger partial charge on any atom is -0.443 e. The molecular formula is C32H40Br2N2O11S. The summed E-state index contributed by atoms with van der Waals surface area (Å²) in [5.74, 6) is -1.26. The van der Waals surface area contributed by atoms with E-state index in [-0.39, 0.29) is 13.0 Å². The van der Waals surface area contributed by atoms with Crippen LogP contribution in [-0.4, -0.2) is 79.9 Å². The molecule has 1 atom stereocenters. The topological polar surface area (TPSA) is 177 Å². The third kappa shape index (κ3) is 8.11. The first-order valence-electron chi connectivity index (χ1n) is 14.8. The number of hydrogen-bond donors (Lipinski definition) is 2. The van der Waals surface area contributed by atoms with Gasteiger partial charge in [-0.05, 0) is 83.4 Å². The van der Waals surface area contributed by atoms with Crippen molar-refractivity contribution in [2.24, 2.45) is 0 Å². The summed E-state index contributed by atoms with van der Waals surface area (Å²) < 4.78 is 39.9. The lowest BCUT2D eigenvalue weighted by Crippen LogP contribution is -2.48. The van der Waals surface area contributed by atoms with Gasteiger partial charge in [0.25, 0.3) is 16.0 Å². The molecule has 2 aromatic carbocycles. The van der Waals surface area contributed by atoms with E-state index < -0.39 is 69.4 Å². The molecule has 13 nitrogen and oxygen atoms in total. The fourth-order valence-corrected chi connectivity index (χ4v) is 6.30. The van der Waals surface area contributed by atoms with Gasteiger partial charge in [-0.2, -0.15) is 8.42 Å². The van der Waals surface area contributed by atoms with Gasteiger partial charge in [-0.25, -0.2) is 19.4 Å². The van der Waals surface area contributed by atoms with Crippen molar-refractivity contribution in [3.05, 3.63) is 56.5 Å². The summed E-state index contributed by atoms with van der Waals surface area (Å²) in [6.07, 6.45) is -0.462. The number of imide groups is 2. The number of aliphatic hydroxyl groups excluding tert-OH is 2. The Morgan fingerprint density at radius 1 is 0.771 bits per heavy atom. The van der Waals surface area contributed by atoms with Crippen molar-refractivity contribution >= 4 is 77.4 Å². The number of fused-ring (bicyclic) bond motifs is 2. The van der Waals surface area contributed by atoms with Gasteiger partial charge in [0.05, 0.1) is 37.5 Å². The number of carbonyl (C=O) groups excluding carboxylic acids is 4. The Morgan fingerprint density at radius 2 is 1.15 bits per heavy atom. The number of hydrogen-bond acceptors (Lipinski definition) is 11. The molecule has 2 N–H and O–H groups in total. The smallest absolute Gasteiger partial charge is 0.421 e. The minimum absolute atomic E-state index is 0.259. The average Bonchev–Trinajstić information content (AvgIpc) is 3.33. The molecule has 4 rings (SSSR count). The second-order valence-corrected chi connectivity index (χ2v) is 16.8. The predicted molar refractivity (Wildman–Crippen MR) is 184 cm³/mol. The number of aliphatic hydroxyl groups is 2. The molecule has 2 aromatic rings. The maximum atomic E-state index is 13.2. The van der Waals surface area contributed by atoms with Crippen molar-refractivity contribution in [2.75, 3.05) is 35.9 Å². The van der Waals surface area contributed by atoms with Gasteiger partial charge < -0.3 is 19.7 Å². The van der Waals surface area contributed by atoms with Crippen LogP contribution in [0.5, 0.6) is 0 Å².